The van der Waals surface area contributed by atoms with E-state index < -0.39 is 16.8 Å². The van der Waals surface area contributed by atoms with Crippen molar-refractivity contribution in [3.05, 3.63) is 58.2 Å². The Kier molecular flexibility index (Phi) is 6.80. The van der Waals surface area contributed by atoms with Gasteiger partial charge in [-0.25, -0.2) is 0 Å². The molecule has 1 aromatic rings. The second-order valence-corrected chi connectivity index (χ2v) is 11.7. The highest BCUT2D eigenvalue weighted by atomic mass is 16.5. The number of hydrogen-bond acceptors (Lipinski definition) is 5. The van der Waals surface area contributed by atoms with E-state index in [0.29, 0.717) is 24.3 Å². The number of hydrogen-bond donors (Lipinski definition) is 0. The molecule has 0 spiro atoms. The smallest absolute Gasteiger partial charge is 0.303 e. The summed E-state index contributed by atoms with van der Waals surface area (Å²) in [5.74, 6) is 6.75. The first-order chi connectivity index (χ1) is 18.1. The van der Waals surface area contributed by atoms with Crippen LogP contribution in [0.3, 0.4) is 0 Å². The molecule has 0 aliphatic heterocycles. The Morgan fingerprint density at radius 2 is 1.79 bits per heavy atom. The lowest BCUT2D eigenvalue weighted by molar-refractivity contribution is -0.150. The van der Waals surface area contributed by atoms with Crippen molar-refractivity contribution in [2.45, 2.75) is 78.6 Å². The van der Waals surface area contributed by atoms with Crippen LogP contribution in [0.2, 0.25) is 0 Å². The largest absolute Gasteiger partial charge is 0.458 e. The maximum Gasteiger partial charge on any atom is 0.303 e. The first-order valence-electron chi connectivity index (χ1n) is 13.8. The summed E-state index contributed by atoms with van der Waals surface area (Å²) >= 11 is 0. The Bertz CT molecular complexity index is 1330. The summed E-state index contributed by atoms with van der Waals surface area (Å²) in [5.41, 5.74) is 4.49. The number of Topliss-reactive ketones (excluding diaryl/α,β-unsaturated/α-hetero) is 2. The molecule has 5 rings (SSSR count). The maximum atomic E-state index is 13.8. The van der Waals surface area contributed by atoms with E-state index in [-0.39, 0.29) is 35.8 Å². The molecule has 4 aliphatic carbocycles. The van der Waals surface area contributed by atoms with Crippen LogP contribution in [0.15, 0.2) is 47.1 Å². The molecule has 0 N–H and O–H groups in total. The Balaban J connectivity index is 1.66. The van der Waals surface area contributed by atoms with Gasteiger partial charge in [-0.2, -0.15) is 0 Å². The standard InChI is InChI=1S/C33H36O5/c1-5-15-33(30(37)19-38-21(3)35)16-14-29-27-12-10-24-17-25(36)11-13-26(24)31(27)28(18-32(29,33)4)23-8-6-22(7-9-23)20(2)34/h6-9,17,27-29H,10-14,16,18-19H2,1-4H3/t27-,28+,29-,32-,33+/m0/s1. The van der Waals surface area contributed by atoms with Crippen molar-refractivity contribution in [3.63, 3.8) is 0 Å². The van der Waals surface area contributed by atoms with E-state index in [1.54, 1.807) is 13.8 Å². The Hall–Kier alpha value is -3.26. The van der Waals surface area contributed by atoms with Gasteiger partial charge in [0, 0.05) is 24.8 Å². The molecule has 4 aliphatic rings. The number of carbonyl (C=O) groups is 4. The zero-order chi connectivity index (χ0) is 27.2. The van der Waals surface area contributed by atoms with Crippen molar-refractivity contribution in [2.24, 2.45) is 22.7 Å². The van der Waals surface area contributed by atoms with E-state index in [2.05, 4.69) is 30.9 Å². The van der Waals surface area contributed by atoms with Crippen molar-refractivity contribution in [3.8, 4) is 11.8 Å². The average molecular weight is 513 g/mol. The molecule has 5 nitrogen and oxygen atoms in total. The highest BCUT2D eigenvalue weighted by molar-refractivity contribution is 5.94. The molecular formula is C33H36O5. The van der Waals surface area contributed by atoms with Crippen molar-refractivity contribution in [1.82, 2.24) is 0 Å². The molecule has 5 atom stereocenters. The van der Waals surface area contributed by atoms with Gasteiger partial charge in [-0.05, 0) is 92.4 Å². The Morgan fingerprint density at radius 1 is 1.05 bits per heavy atom. The van der Waals surface area contributed by atoms with Crippen molar-refractivity contribution in [1.29, 1.82) is 0 Å². The fourth-order valence-corrected chi connectivity index (χ4v) is 8.17. The van der Waals surface area contributed by atoms with Gasteiger partial charge in [-0.15, -0.1) is 5.92 Å². The Morgan fingerprint density at radius 3 is 2.45 bits per heavy atom. The van der Waals surface area contributed by atoms with Gasteiger partial charge in [0.25, 0.3) is 0 Å². The number of ether oxygens (including phenoxy) is 1. The lowest BCUT2D eigenvalue weighted by Gasteiger charge is -2.54. The SMILES string of the molecule is CC#C[C@]1(C(=O)COC(C)=O)CC[C@H]2[C@@H]3CCC4=CC(=O)CCC4=C3[C@@H](c3ccc(C(C)=O)cc3)C[C@@]21C. The number of ketones is 3. The molecule has 0 radical (unpaired) electrons. The van der Waals surface area contributed by atoms with Gasteiger partial charge in [0.1, 0.15) is 0 Å². The highest BCUT2D eigenvalue weighted by Gasteiger charge is 2.65. The third-order valence-corrected chi connectivity index (χ3v) is 9.87. The molecule has 1 aromatic carbocycles. The van der Waals surface area contributed by atoms with Crippen LogP contribution >= 0.6 is 0 Å². The molecule has 0 aromatic heterocycles. The summed E-state index contributed by atoms with van der Waals surface area (Å²) in [6.07, 6.45) is 7.30. The van der Waals surface area contributed by atoms with E-state index in [1.807, 2.05) is 18.2 Å². The zero-order valence-electron chi connectivity index (χ0n) is 22.8. The molecule has 0 amide bonds. The van der Waals surface area contributed by atoms with E-state index in [4.69, 9.17) is 4.74 Å². The third kappa shape index (κ3) is 4.10. The fraction of sp³-hybridized carbons (Fsp3) is 0.515. The van der Waals surface area contributed by atoms with E-state index in [1.165, 1.54) is 23.6 Å². The van der Waals surface area contributed by atoms with Gasteiger partial charge in [0.05, 0.1) is 5.41 Å². The second kappa shape index (κ2) is 9.80. The lowest BCUT2D eigenvalue weighted by atomic mass is 9.48. The normalized spacial score (nSPS) is 31.7. The van der Waals surface area contributed by atoms with Crippen molar-refractivity contribution < 1.29 is 23.9 Å². The molecule has 0 bridgehead atoms. The van der Waals surface area contributed by atoms with Gasteiger partial charge in [0.2, 0.25) is 0 Å². The summed E-state index contributed by atoms with van der Waals surface area (Å²) in [7, 11) is 0. The van der Waals surface area contributed by atoms with Crippen LogP contribution in [-0.2, 0) is 19.1 Å². The van der Waals surface area contributed by atoms with Crippen LogP contribution in [0, 0.1) is 34.5 Å². The quantitative estimate of drug-likeness (QED) is 0.278. The van der Waals surface area contributed by atoms with Gasteiger partial charge in [0.15, 0.2) is 24.0 Å². The first kappa shape index (κ1) is 26.4. The lowest BCUT2D eigenvalue weighted by Crippen LogP contribution is -2.51. The monoisotopic (exact) mass is 512 g/mol. The molecule has 198 valence electrons. The van der Waals surface area contributed by atoms with Crippen LogP contribution in [0.5, 0.6) is 0 Å². The van der Waals surface area contributed by atoms with Crippen molar-refractivity contribution >= 4 is 23.3 Å². The van der Waals surface area contributed by atoms with Crippen LogP contribution in [0.25, 0.3) is 0 Å². The average Bonchev–Trinajstić information content (AvgIpc) is 3.19. The van der Waals surface area contributed by atoms with Gasteiger partial charge in [-0.1, -0.05) is 42.7 Å². The van der Waals surface area contributed by atoms with Crippen molar-refractivity contribution in [2.75, 3.05) is 6.61 Å². The summed E-state index contributed by atoms with van der Waals surface area (Å²) in [6.45, 7) is 6.66. The highest BCUT2D eigenvalue weighted by Crippen LogP contribution is 2.69. The third-order valence-electron chi connectivity index (χ3n) is 9.87. The molecule has 2 saturated carbocycles. The van der Waals surface area contributed by atoms with Gasteiger partial charge < -0.3 is 4.74 Å². The summed E-state index contributed by atoms with van der Waals surface area (Å²) < 4.78 is 5.21. The number of carbonyl (C=O) groups excluding carboxylic acids is 4. The molecule has 2 fully saturated rings. The summed E-state index contributed by atoms with van der Waals surface area (Å²) in [4.78, 5) is 49.7. The number of rotatable bonds is 5. The Labute approximate surface area is 225 Å². The molecule has 38 heavy (non-hydrogen) atoms. The fourth-order valence-electron chi connectivity index (χ4n) is 8.17. The molecule has 5 heteroatoms. The minimum Gasteiger partial charge on any atom is -0.458 e. The first-order valence-corrected chi connectivity index (χ1v) is 13.8. The maximum absolute atomic E-state index is 13.8. The van der Waals surface area contributed by atoms with Crippen LogP contribution in [-0.4, -0.2) is 29.9 Å². The van der Waals surface area contributed by atoms with Crippen LogP contribution in [0.4, 0.5) is 0 Å². The molecule has 0 saturated heterocycles. The topological polar surface area (TPSA) is 77.5 Å². The van der Waals surface area contributed by atoms with E-state index >= 15 is 0 Å². The van der Waals surface area contributed by atoms with Gasteiger partial charge in [-0.3, -0.25) is 19.2 Å². The van der Waals surface area contributed by atoms with Gasteiger partial charge >= 0.3 is 5.97 Å². The van der Waals surface area contributed by atoms with E-state index in [0.717, 1.165) is 37.7 Å². The second-order valence-electron chi connectivity index (χ2n) is 11.7. The minimum atomic E-state index is -0.881. The van der Waals surface area contributed by atoms with Crippen LogP contribution < -0.4 is 0 Å². The number of fused-ring (bicyclic) bond motifs is 4. The summed E-state index contributed by atoms with van der Waals surface area (Å²) in [5, 5.41) is 0. The predicted octanol–water partition coefficient (Wildman–Crippen LogP) is 5.93. The summed E-state index contributed by atoms with van der Waals surface area (Å²) in [6, 6.07) is 7.92. The molecule has 0 unspecified atom stereocenters. The number of esters is 1. The predicted molar refractivity (Wildman–Crippen MR) is 144 cm³/mol. The minimum absolute atomic E-state index is 0.0323. The van der Waals surface area contributed by atoms with Crippen LogP contribution in [0.1, 0.15) is 94.5 Å². The number of allylic oxidation sites excluding steroid dienone is 4. The molecule has 0 heterocycles. The zero-order valence-corrected chi connectivity index (χ0v) is 22.8. The van der Waals surface area contributed by atoms with E-state index in [9.17, 15) is 19.2 Å². The number of benzene rings is 1. The molecular weight excluding hydrogens is 476 g/mol.